The molecule has 6 rings (SSSR count). The monoisotopic (exact) mass is 447 g/mol. The number of hydrogen-bond donors (Lipinski definition) is 1. The van der Waals surface area contributed by atoms with Crippen molar-refractivity contribution in [2.45, 2.75) is 25.8 Å². The lowest BCUT2D eigenvalue weighted by Crippen LogP contribution is -2.33. The molecule has 2 aromatic carbocycles. The molecule has 162 valence electrons. The molecule has 0 bridgehead atoms. The van der Waals surface area contributed by atoms with Crippen LogP contribution in [-0.4, -0.2) is 32.6 Å². The highest BCUT2D eigenvalue weighted by Crippen LogP contribution is 2.40. The maximum absolute atomic E-state index is 14.0. The van der Waals surface area contributed by atoms with E-state index < -0.39 is 0 Å². The molecule has 1 N–H and O–H groups in total. The molecule has 1 fully saturated rings. The van der Waals surface area contributed by atoms with Crippen LogP contribution in [0.4, 0.5) is 9.52 Å². The normalized spacial score (nSPS) is 15.3. The molecule has 5 aromatic rings. The predicted molar refractivity (Wildman–Crippen MR) is 127 cm³/mol. The van der Waals surface area contributed by atoms with E-state index >= 15 is 0 Å². The first-order valence-corrected chi connectivity index (χ1v) is 11.7. The van der Waals surface area contributed by atoms with Crippen LogP contribution in [0.2, 0.25) is 0 Å². The summed E-state index contributed by atoms with van der Waals surface area (Å²) in [7, 11) is 0. The van der Waals surface area contributed by atoms with Crippen molar-refractivity contribution in [3.05, 3.63) is 65.4 Å². The molecule has 3 aromatic heterocycles. The zero-order valence-corrected chi connectivity index (χ0v) is 18.2. The van der Waals surface area contributed by atoms with Crippen molar-refractivity contribution < 1.29 is 4.39 Å². The third-order valence-electron chi connectivity index (χ3n) is 6.57. The molecule has 1 aliphatic rings. The number of anilines is 1. The molecule has 32 heavy (non-hydrogen) atoms. The maximum Gasteiger partial charge on any atom is 0.256 e. The number of hydrogen-bond acceptors (Lipinski definition) is 5. The first-order valence-electron chi connectivity index (χ1n) is 10.9. The Kier molecular flexibility index (Phi) is 4.68. The number of aromatic amines is 1. The molecule has 8 heteroatoms. The van der Waals surface area contributed by atoms with Gasteiger partial charge in [-0.2, -0.15) is 0 Å². The third-order valence-corrected chi connectivity index (χ3v) is 7.72. The average molecular weight is 448 g/mol. The van der Waals surface area contributed by atoms with Crippen LogP contribution in [0.5, 0.6) is 0 Å². The van der Waals surface area contributed by atoms with Gasteiger partial charge in [-0.3, -0.25) is 4.79 Å². The van der Waals surface area contributed by atoms with Crippen LogP contribution in [0.3, 0.4) is 0 Å². The van der Waals surface area contributed by atoms with Crippen molar-refractivity contribution in [1.82, 2.24) is 19.5 Å². The van der Waals surface area contributed by atoms with Gasteiger partial charge in [0.05, 0.1) is 21.9 Å². The summed E-state index contributed by atoms with van der Waals surface area (Å²) < 4.78 is 17.2. The largest absolute Gasteiger partial charge is 0.348 e. The average Bonchev–Trinajstić information content (AvgIpc) is 3.48. The number of nitrogens with one attached hydrogen (secondary N) is 1. The number of piperidine rings is 1. The summed E-state index contributed by atoms with van der Waals surface area (Å²) in [4.78, 5) is 26.8. The third kappa shape index (κ3) is 3.26. The van der Waals surface area contributed by atoms with E-state index in [1.165, 1.54) is 12.1 Å². The highest BCUT2D eigenvalue weighted by molar-refractivity contribution is 7.23. The molecule has 0 atom stereocenters. The molecule has 0 radical (unpaired) electrons. The molecule has 0 saturated carbocycles. The second kappa shape index (κ2) is 7.70. The predicted octanol–water partition coefficient (Wildman–Crippen LogP) is 4.93. The second-order valence-electron chi connectivity index (χ2n) is 8.48. The Morgan fingerprint density at radius 3 is 2.84 bits per heavy atom. The van der Waals surface area contributed by atoms with Gasteiger partial charge in [-0.15, -0.1) is 0 Å². The standard InChI is InChI=1S/C24H22FN5OS/c25-16-1-2-17-19(13-16)20-18(3-7-27-23(20)31)22-21(17)28-24(32-22)30-10-5-15(6-11-30)4-9-29-12-8-26-14-29/h1-3,7-8,12-15H,4-6,9-11H2,(H,27,31). The van der Waals surface area contributed by atoms with E-state index in [1.54, 1.807) is 23.6 Å². The number of benzene rings is 2. The topological polar surface area (TPSA) is 66.8 Å². The molecule has 4 heterocycles. The lowest BCUT2D eigenvalue weighted by molar-refractivity contribution is 0.361. The van der Waals surface area contributed by atoms with Crippen LogP contribution < -0.4 is 10.5 Å². The minimum Gasteiger partial charge on any atom is -0.348 e. The maximum atomic E-state index is 14.0. The van der Waals surface area contributed by atoms with Gasteiger partial charge in [-0.25, -0.2) is 14.4 Å². The Labute approximate surface area is 187 Å². The van der Waals surface area contributed by atoms with E-state index in [2.05, 4.69) is 19.4 Å². The molecule has 0 amide bonds. The first kappa shape index (κ1) is 19.4. The molecular formula is C24H22FN5OS. The Morgan fingerprint density at radius 2 is 2.03 bits per heavy atom. The van der Waals surface area contributed by atoms with Crippen LogP contribution in [0, 0.1) is 11.7 Å². The van der Waals surface area contributed by atoms with Crippen molar-refractivity contribution in [2.24, 2.45) is 5.92 Å². The van der Waals surface area contributed by atoms with E-state index in [1.807, 2.05) is 24.8 Å². The van der Waals surface area contributed by atoms with Crippen LogP contribution in [0.25, 0.3) is 31.8 Å². The van der Waals surface area contributed by atoms with Gasteiger partial charge < -0.3 is 14.5 Å². The minimum atomic E-state index is -0.352. The number of halogens is 1. The van der Waals surface area contributed by atoms with Gasteiger partial charge in [0.1, 0.15) is 5.82 Å². The van der Waals surface area contributed by atoms with Gasteiger partial charge in [0.2, 0.25) is 0 Å². The summed E-state index contributed by atoms with van der Waals surface area (Å²) in [6.45, 7) is 2.95. The summed E-state index contributed by atoms with van der Waals surface area (Å²) in [5, 5.41) is 3.78. The van der Waals surface area contributed by atoms with Gasteiger partial charge in [0.15, 0.2) is 5.13 Å². The van der Waals surface area contributed by atoms with Crippen LogP contribution in [-0.2, 0) is 6.54 Å². The van der Waals surface area contributed by atoms with E-state index in [0.29, 0.717) is 16.7 Å². The number of thiazole rings is 1. The van der Waals surface area contributed by atoms with Crippen molar-refractivity contribution in [3.63, 3.8) is 0 Å². The van der Waals surface area contributed by atoms with Crippen LogP contribution in [0.1, 0.15) is 19.3 Å². The fourth-order valence-electron chi connectivity index (χ4n) is 4.84. The summed E-state index contributed by atoms with van der Waals surface area (Å²) in [6, 6.07) is 6.52. The number of fused-ring (bicyclic) bond motifs is 6. The zero-order chi connectivity index (χ0) is 21.7. The molecular weight excluding hydrogens is 425 g/mol. The Morgan fingerprint density at radius 1 is 1.16 bits per heavy atom. The number of rotatable bonds is 4. The Balaban J connectivity index is 1.34. The second-order valence-corrected chi connectivity index (χ2v) is 9.46. The lowest BCUT2D eigenvalue weighted by Gasteiger charge is -2.31. The lowest BCUT2D eigenvalue weighted by atomic mass is 9.94. The SMILES string of the molecule is O=c1[nH]ccc2c3sc(N4CCC(CCn5ccnc5)CC4)nc3c3ccc(F)cc3c12. The van der Waals surface area contributed by atoms with E-state index in [0.717, 1.165) is 65.0 Å². The molecule has 6 nitrogen and oxygen atoms in total. The van der Waals surface area contributed by atoms with Gasteiger partial charge >= 0.3 is 0 Å². The van der Waals surface area contributed by atoms with Crippen molar-refractivity contribution in [3.8, 4) is 0 Å². The number of aryl methyl sites for hydroxylation is 1. The number of imidazole rings is 1. The molecule has 0 spiro atoms. The fourth-order valence-corrected chi connectivity index (χ4v) is 6.00. The van der Waals surface area contributed by atoms with Gasteiger partial charge in [0.25, 0.3) is 5.56 Å². The summed E-state index contributed by atoms with van der Waals surface area (Å²) >= 11 is 1.63. The van der Waals surface area contributed by atoms with Gasteiger partial charge in [-0.05, 0) is 49.4 Å². The number of pyridine rings is 1. The zero-order valence-electron chi connectivity index (χ0n) is 17.4. The molecule has 1 saturated heterocycles. The fraction of sp³-hybridized carbons (Fsp3) is 0.292. The van der Waals surface area contributed by atoms with E-state index in [9.17, 15) is 9.18 Å². The highest BCUT2D eigenvalue weighted by Gasteiger charge is 2.23. The van der Waals surface area contributed by atoms with Crippen molar-refractivity contribution >= 4 is 48.2 Å². The minimum absolute atomic E-state index is 0.200. The van der Waals surface area contributed by atoms with E-state index in [-0.39, 0.29) is 11.4 Å². The van der Waals surface area contributed by atoms with Crippen molar-refractivity contribution in [2.75, 3.05) is 18.0 Å². The first-order chi connectivity index (χ1) is 15.7. The molecule has 0 unspecified atom stereocenters. The number of nitrogens with zero attached hydrogens (tertiary/aromatic N) is 4. The van der Waals surface area contributed by atoms with Gasteiger partial charge in [0, 0.05) is 54.4 Å². The quantitative estimate of drug-likeness (QED) is 0.397. The molecule has 0 aliphatic carbocycles. The van der Waals surface area contributed by atoms with E-state index in [4.69, 9.17) is 4.98 Å². The Hall–Kier alpha value is -3.26. The van der Waals surface area contributed by atoms with Crippen molar-refractivity contribution in [1.29, 1.82) is 0 Å². The Bertz CT molecular complexity index is 1480. The smallest absolute Gasteiger partial charge is 0.256 e. The number of H-pyrrole nitrogens is 1. The van der Waals surface area contributed by atoms with Crippen LogP contribution >= 0.6 is 11.3 Å². The number of aromatic nitrogens is 4. The summed E-state index contributed by atoms with van der Waals surface area (Å²) in [6.07, 6.45) is 10.8. The highest BCUT2D eigenvalue weighted by atomic mass is 32.1. The summed E-state index contributed by atoms with van der Waals surface area (Å²) in [5.41, 5.74) is 0.647. The van der Waals surface area contributed by atoms with Gasteiger partial charge in [-0.1, -0.05) is 11.3 Å². The van der Waals surface area contributed by atoms with Crippen LogP contribution in [0.15, 0.2) is 54.0 Å². The molecule has 1 aliphatic heterocycles. The summed E-state index contributed by atoms with van der Waals surface area (Å²) in [5.74, 6) is 0.348.